The molecule has 196 valence electrons. The summed E-state index contributed by atoms with van der Waals surface area (Å²) >= 11 is 3.32. The van der Waals surface area contributed by atoms with Gasteiger partial charge in [-0.05, 0) is 58.8 Å². The van der Waals surface area contributed by atoms with Gasteiger partial charge in [-0.15, -0.1) is 0 Å². The number of anilines is 2. The Labute approximate surface area is 225 Å². The molecule has 38 heavy (non-hydrogen) atoms. The number of likely N-dealkylation sites (tertiary alicyclic amines) is 1. The summed E-state index contributed by atoms with van der Waals surface area (Å²) in [6.07, 6.45) is 3.63. The van der Waals surface area contributed by atoms with Gasteiger partial charge in [0.05, 0.1) is 18.0 Å². The van der Waals surface area contributed by atoms with Gasteiger partial charge in [0.1, 0.15) is 40.8 Å². The molecule has 0 radical (unpaired) electrons. The van der Waals surface area contributed by atoms with Crippen LogP contribution in [0.1, 0.15) is 26.2 Å². The van der Waals surface area contributed by atoms with Crippen LogP contribution in [0.15, 0.2) is 41.3 Å². The number of hydrogen-bond donors (Lipinski definition) is 2. The van der Waals surface area contributed by atoms with Crippen LogP contribution in [0.4, 0.5) is 16.0 Å². The molecular formula is C26H25BrFN7O3. The number of ether oxygens (including phenoxy) is 1. The van der Waals surface area contributed by atoms with Gasteiger partial charge < -0.3 is 25.3 Å². The fourth-order valence-electron chi connectivity index (χ4n) is 5.96. The zero-order valence-electron chi connectivity index (χ0n) is 20.7. The number of aromatic nitrogens is 4. The normalized spacial score (nSPS) is 22.4. The molecule has 0 bridgehead atoms. The molecule has 3 N–H and O–H groups in total. The summed E-state index contributed by atoms with van der Waals surface area (Å²) in [5.41, 5.74) is 6.95. The lowest BCUT2D eigenvalue weighted by atomic mass is 9.66. The Kier molecular flexibility index (Phi) is 5.74. The molecule has 1 aliphatic carbocycles. The number of halogens is 2. The van der Waals surface area contributed by atoms with E-state index < -0.39 is 11.9 Å². The first kappa shape index (κ1) is 24.5. The number of nitrogens with zero attached hydrogens (tertiary/aromatic N) is 5. The third kappa shape index (κ3) is 3.77. The first-order chi connectivity index (χ1) is 18.2. The minimum absolute atomic E-state index is 0.0343. The summed E-state index contributed by atoms with van der Waals surface area (Å²) in [6, 6.07) is 7.39. The second-order valence-electron chi connectivity index (χ2n) is 10.1. The number of hydrogen-bond acceptors (Lipinski definition) is 7. The number of benzene rings is 1. The number of pyridine rings is 1. The molecular weight excluding hydrogens is 557 g/mol. The van der Waals surface area contributed by atoms with Crippen molar-refractivity contribution in [3.8, 4) is 5.75 Å². The molecule has 4 heterocycles. The fraction of sp³-hybridized carbons (Fsp3) is 0.346. The van der Waals surface area contributed by atoms with Gasteiger partial charge in [0.25, 0.3) is 0 Å². The van der Waals surface area contributed by atoms with Crippen LogP contribution in [0.2, 0.25) is 0 Å². The molecule has 10 nitrogen and oxygen atoms in total. The van der Waals surface area contributed by atoms with Crippen LogP contribution in [0, 0.1) is 11.2 Å². The third-order valence-corrected chi connectivity index (χ3v) is 8.36. The average Bonchev–Trinajstić information content (AvgIpc) is 3.28. The third-order valence-electron chi connectivity index (χ3n) is 7.92. The topological polar surface area (TPSA) is 128 Å². The van der Waals surface area contributed by atoms with Crippen molar-refractivity contribution in [2.24, 2.45) is 5.41 Å². The van der Waals surface area contributed by atoms with Crippen molar-refractivity contribution < 1.29 is 18.7 Å². The molecule has 3 atom stereocenters. The molecule has 2 aliphatic rings. The van der Waals surface area contributed by atoms with Crippen molar-refractivity contribution >= 4 is 61.3 Å². The van der Waals surface area contributed by atoms with Crippen LogP contribution in [-0.4, -0.2) is 55.4 Å². The molecule has 1 saturated carbocycles. The molecule has 6 rings (SSSR count). The van der Waals surface area contributed by atoms with E-state index in [0.29, 0.717) is 38.8 Å². The number of carbonyl (C=O) groups excluding carboxylic acids is 2. The predicted molar refractivity (Wildman–Crippen MR) is 143 cm³/mol. The van der Waals surface area contributed by atoms with Gasteiger partial charge in [-0.3, -0.25) is 9.59 Å². The molecule has 3 aromatic heterocycles. The molecule has 1 aromatic carbocycles. The van der Waals surface area contributed by atoms with E-state index in [9.17, 15) is 14.0 Å². The van der Waals surface area contributed by atoms with Gasteiger partial charge >= 0.3 is 0 Å². The van der Waals surface area contributed by atoms with E-state index in [4.69, 9.17) is 10.5 Å². The Bertz CT molecular complexity index is 1630. The number of nitrogens with one attached hydrogen (secondary N) is 1. The molecule has 2 fully saturated rings. The second kappa shape index (κ2) is 8.90. The van der Waals surface area contributed by atoms with E-state index in [1.54, 1.807) is 27.7 Å². The van der Waals surface area contributed by atoms with Crippen molar-refractivity contribution in [1.29, 1.82) is 0 Å². The maximum Gasteiger partial charge on any atom is 0.248 e. The highest BCUT2D eigenvalue weighted by Gasteiger charge is 2.58. The Balaban J connectivity index is 1.38. The maximum atomic E-state index is 14.6. The Hall–Kier alpha value is -3.80. The van der Waals surface area contributed by atoms with Crippen LogP contribution in [0.25, 0.3) is 21.9 Å². The van der Waals surface area contributed by atoms with Crippen molar-refractivity contribution in [1.82, 2.24) is 24.4 Å². The zero-order valence-corrected chi connectivity index (χ0v) is 22.3. The Morgan fingerprint density at radius 2 is 2.13 bits per heavy atom. The van der Waals surface area contributed by atoms with Crippen molar-refractivity contribution in [2.45, 2.75) is 44.8 Å². The van der Waals surface area contributed by atoms with Crippen LogP contribution in [0.3, 0.4) is 0 Å². The lowest BCUT2D eigenvalue weighted by molar-refractivity contribution is -0.141. The zero-order chi connectivity index (χ0) is 26.8. The van der Waals surface area contributed by atoms with Gasteiger partial charge in [-0.1, -0.05) is 13.0 Å². The maximum absolute atomic E-state index is 14.6. The summed E-state index contributed by atoms with van der Waals surface area (Å²) in [5, 5.41) is 3.81. The molecule has 12 heteroatoms. The number of rotatable bonds is 5. The van der Waals surface area contributed by atoms with E-state index in [0.717, 1.165) is 12.8 Å². The lowest BCUT2D eigenvalue weighted by Gasteiger charge is -2.44. The quantitative estimate of drug-likeness (QED) is 0.342. The first-order valence-electron chi connectivity index (χ1n) is 12.2. The van der Waals surface area contributed by atoms with Crippen LogP contribution < -0.4 is 15.8 Å². The van der Waals surface area contributed by atoms with Crippen molar-refractivity contribution in [3.63, 3.8) is 0 Å². The summed E-state index contributed by atoms with van der Waals surface area (Å²) < 4.78 is 22.1. The highest BCUT2D eigenvalue weighted by atomic mass is 79.9. The fourth-order valence-corrected chi connectivity index (χ4v) is 6.30. The molecule has 0 unspecified atom stereocenters. The van der Waals surface area contributed by atoms with Gasteiger partial charge in [-0.25, -0.2) is 19.3 Å². The summed E-state index contributed by atoms with van der Waals surface area (Å²) in [4.78, 5) is 41.9. The van der Waals surface area contributed by atoms with Gasteiger partial charge in [0.15, 0.2) is 11.6 Å². The monoisotopic (exact) mass is 581 g/mol. The number of fused-ring (bicyclic) bond motifs is 4. The standard InChI is InChI=1S/C26H25BrFN7O3/c1-26-7-6-18(26)35(16(10-26)25(37)33-20-5-3-4-19(27)32-20)21(36)11-34-15-9-17(38-2)14(28)8-13(15)22-23(29)30-12-31-24(22)34/h3-5,8-9,12,16,18H,6-7,10-11H2,1-2H3,(H2,29,30,31)(H,32,33,37)/t16-,18+,26+/m0/s1. The van der Waals surface area contributed by atoms with E-state index >= 15 is 0 Å². The van der Waals surface area contributed by atoms with Crippen molar-refractivity contribution in [3.05, 3.63) is 47.1 Å². The number of methoxy groups -OCH3 is 1. The Morgan fingerprint density at radius 3 is 2.84 bits per heavy atom. The average molecular weight is 582 g/mol. The minimum atomic E-state index is -0.652. The largest absolute Gasteiger partial charge is 0.494 e. The van der Waals surface area contributed by atoms with Crippen molar-refractivity contribution in [2.75, 3.05) is 18.2 Å². The first-order valence-corrected chi connectivity index (χ1v) is 13.0. The van der Waals surface area contributed by atoms with Crippen LogP contribution >= 0.6 is 15.9 Å². The number of nitrogen functional groups attached to an aromatic ring is 1. The Morgan fingerprint density at radius 1 is 1.32 bits per heavy atom. The molecule has 1 aliphatic heterocycles. The van der Waals surface area contributed by atoms with E-state index in [1.165, 1.54) is 25.6 Å². The SMILES string of the molecule is COc1cc2c(cc1F)c1c(N)ncnc1n2CC(=O)N1[C@H](C(=O)Nc2cccc(Br)n2)C[C@@]2(C)CC[C@@H]12. The molecule has 0 spiro atoms. The van der Waals surface area contributed by atoms with Crippen LogP contribution in [0.5, 0.6) is 5.75 Å². The highest BCUT2D eigenvalue weighted by molar-refractivity contribution is 9.10. The molecule has 1 saturated heterocycles. The van der Waals surface area contributed by atoms with Gasteiger partial charge in [-0.2, -0.15) is 0 Å². The predicted octanol–water partition coefficient (Wildman–Crippen LogP) is 3.88. The van der Waals surface area contributed by atoms with Gasteiger partial charge in [0, 0.05) is 17.5 Å². The summed E-state index contributed by atoms with van der Waals surface area (Å²) in [6.45, 7) is 2.00. The second-order valence-corrected chi connectivity index (χ2v) is 10.9. The smallest absolute Gasteiger partial charge is 0.248 e. The number of carbonyl (C=O) groups is 2. The van der Waals surface area contributed by atoms with E-state index in [2.05, 4.69) is 43.1 Å². The lowest BCUT2D eigenvalue weighted by Crippen LogP contribution is -2.52. The van der Waals surface area contributed by atoms with E-state index in [-0.39, 0.29) is 41.4 Å². The number of amides is 2. The van der Waals surface area contributed by atoms with Gasteiger partial charge in [0.2, 0.25) is 11.8 Å². The molecule has 2 amide bonds. The van der Waals surface area contributed by atoms with E-state index in [1.807, 2.05) is 0 Å². The number of nitrogens with two attached hydrogens (primary N) is 1. The van der Waals surface area contributed by atoms with Crippen LogP contribution in [-0.2, 0) is 16.1 Å². The minimum Gasteiger partial charge on any atom is -0.494 e. The summed E-state index contributed by atoms with van der Waals surface area (Å²) in [7, 11) is 1.38. The summed E-state index contributed by atoms with van der Waals surface area (Å²) in [5.74, 6) is -0.451. The highest BCUT2D eigenvalue weighted by Crippen LogP contribution is 2.54. The molecule has 4 aromatic rings.